The van der Waals surface area contributed by atoms with Gasteiger partial charge < -0.3 is 15.4 Å². The fourth-order valence-electron chi connectivity index (χ4n) is 2.72. The summed E-state index contributed by atoms with van der Waals surface area (Å²) in [5.41, 5.74) is 0.217. The van der Waals surface area contributed by atoms with Crippen molar-refractivity contribution in [2.75, 3.05) is 19.0 Å². The number of amides is 4. The van der Waals surface area contributed by atoms with Crippen LogP contribution in [0, 0.1) is 10.1 Å². The van der Waals surface area contributed by atoms with E-state index >= 15 is 0 Å². The van der Waals surface area contributed by atoms with Crippen molar-refractivity contribution in [3.05, 3.63) is 68.9 Å². The van der Waals surface area contributed by atoms with Gasteiger partial charge in [0.15, 0.2) is 0 Å². The lowest BCUT2D eigenvalue weighted by Gasteiger charge is -2.13. The average molecular weight is 431 g/mol. The number of anilines is 1. The van der Waals surface area contributed by atoms with E-state index in [2.05, 4.69) is 10.6 Å². The first-order chi connectivity index (χ1) is 14.3. The van der Waals surface area contributed by atoms with Crippen LogP contribution in [0.1, 0.15) is 5.56 Å². The van der Waals surface area contributed by atoms with Gasteiger partial charge in [0, 0.05) is 6.07 Å². The molecule has 154 valence electrons. The van der Waals surface area contributed by atoms with Gasteiger partial charge in [0.05, 0.1) is 17.7 Å². The molecule has 1 fully saturated rings. The molecule has 0 spiro atoms. The minimum absolute atomic E-state index is 0.0569. The lowest BCUT2D eigenvalue weighted by atomic mass is 10.1. The highest BCUT2D eigenvalue weighted by Crippen LogP contribution is 2.27. The third-order valence-electron chi connectivity index (χ3n) is 4.12. The Hall–Kier alpha value is -3.92. The number of hydrogen-bond acceptors (Lipinski definition) is 6. The molecule has 0 bridgehead atoms. The van der Waals surface area contributed by atoms with Crippen LogP contribution >= 0.6 is 11.6 Å². The summed E-state index contributed by atoms with van der Waals surface area (Å²) in [7, 11) is 1.45. The molecule has 0 aromatic heterocycles. The van der Waals surface area contributed by atoms with Crippen LogP contribution in [0.5, 0.6) is 5.75 Å². The number of nitro benzene ring substituents is 1. The monoisotopic (exact) mass is 430 g/mol. The van der Waals surface area contributed by atoms with Crippen LogP contribution < -0.4 is 15.4 Å². The summed E-state index contributed by atoms with van der Waals surface area (Å²) in [5.74, 6) is -0.924. The van der Waals surface area contributed by atoms with Crippen LogP contribution in [-0.2, 0) is 9.59 Å². The van der Waals surface area contributed by atoms with Gasteiger partial charge in [-0.15, -0.1) is 0 Å². The Kier molecular flexibility index (Phi) is 5.98. The molecule has 3 rings (SSSR count). The first kappa shape index (κ1) is 20.8. The number of para-hydroxylation sites is 2. The second kappa shape index (κ2) is 8.62. The van der Waals surface area contributed by atoms with Gasteiger partial charge in [0.25, 0.3) is 11.6 Å². The van der Waals surface area contributed by atoms with Gasteiger partial charge in [-0.3, -0.25) is 19.7 Å². The number of halogens is 1. The fraction of sp³-hybridized carbons (Fsp3) is 0.105. The molecule has 0 unspecified atom stereocenters. The zero-order chi connectivity index (χ0) is 21.8. The predicted octanol–water partition coefficient (Wildman–Crippen LogP) is 2.79. The topological polar surface area (TPSA) is 131 Å². The number of nitrogens with zero attached hydrogens (tertiary/aromatic N) is 2. The van der Waals surface area contributed by atoms with Gasteiger partial charge >= 0.3 is 6.03 Å². The fourth-order valence-corrected chi connectivity index (χ4v) is 2.91. The van der Waals surface area contributed by atoms with Gasteiger partial charge in [-0.2, -0.15) is 0 Å². The molecule has 1 aliphatic rings. The number of rotatable bonds is 6. The van der Waals surface area contributed by atoms with Crippen LogP contribution in [0.15, 0.2) is 48.2 Å². The van der Waals surface area contributed by atoms with Crippen molar-refractivity contribution < 1.29 is 24.0 Å². The van der Waals surface area contributed by atoms with Crippen LogP contribution in [0.2, 0.25) is 5.02 Å². The van der Waals surface area contributed by atoms with Crippen LogP contribution in [0.3, 0.4) is 0 Å². The van der Waals surface area contributed by atoms with E-state index in [1.807, 2.05) is 0 Å². The Morgan fingerprint density at radius 1 is 1.30 bits per heavy atom. The van der Waals surface area contributed by atoms with Gasteiger partial charge in [-0.25, -0.2) is 9.69 Å². The molecule has 0 atom stereocenters. The average Bonchev–Trinajstić information content (AvgIpc) is 2.97. The SMILES string of the molecule is COc1ccccc1NC(=O)CN1C(=O)N/C(=C/c2ccc(Cl)c([N+](=O)[O-])c2)C1=O. The third kappa shape index (κ3) is 4.39. The molecule has 0 saturated carbocycles. The lowest BCUT2D eigenvalue weighted by molar-refractivity contribution is -0.384. The minimum atomic E-state index is -0.787. The number of hydrogen-bond donors (Lipinski definition) is 2. The number of benzene rings is 2. The maximum absolute atomic E-state index is 12.5. The van der Waals surface area contributed by atoms with E-state index < -0.39 is 29.3 Å². The van der Waals surface area contributed by atoms with Crippen molar-refractivity contribution in [2.45, 2.75) is 0 Å². The van der Waals surface area contributed by atoms with Gasteiger partial charge in [-0.05, 0) is 29.8 Å². The molecule has 0 radical (unpaired) electrons. The number of ether oxygens (including phenoxy) is 1. The van der Waals surface area contributed by atoms with Crippen molar-refractivity contribution in [1.82, 2.24) is 10.2 Å². The number of imide groups is 1. The van der Waals surface area contributed by atoms with Crippen molar-refractivity contribution in [3.8, 4) is 5.75 Å². The number of nitrogens with one attached hydrogen (secondary N) is 2. The Bertz CT molecular complexity index is 1080. The maximum Gasteiger partial charge on any atom is 0.329 e. The Morgan fingerprint density at radius 3 is 2.73 bits per heavy atom. The smallest absolute Gasteiger partial charge is 0.329 e. The van der Waals surface area contributed by atoms with Gasteiger partial charge in [0.1, 0.15) is 23.0 Å². The molecular weight excluding hydrogens is 416 g/mol. The quantitative estimate of drug-likeness (QED) is 0.313. The Morgan fingerprint density at radius 2 is 2.03 bits per heavy atom. The number of methoxy groups -OCH3 is 1. The number of nitro groups is 1. The molecule has 1 saturated heterocycles. The zero-order valence-electron chi connectivity index (χ0n) is 15.5. The second-order valence-corrected chi connectivity index (χ2v) is 6.50. The zero-order valence-corrected chi connectivity index (χ0v) is 16.3. The molecule has 2 N–H and O–H groups in total. The molecule has 11 heteroatoms. The molecule has 1 aliphatic heterocycles. The molecular formula is C19H15ClN4O6. The van der Waals surface area contributed by atoms with Crippen LogP contribution in [0.4, 0.5) is 16.2 Å². The number of urea groups is 1. The first-order valence-corrected chi connectivity index (χ1v) is 8.89. The molecule has 1 heterocycles. The van der Waals surface area contributed by atoms with Crippen LogP contribution in [-0.4, -0.2) is 41.3 Å². The third-order valence-corrected chi connectivity index (χ3v) is 4.44. The summed E-state index contributed by atoms with van der Waals surface area (Å²) >= 11 is 5.77. The molecule has 4 amide bonds. The van der Waals surface area contributed by atoms with Crippen molar-refractivity contribution in [3.63, 3.8) is 0 Å². The van der Waals surface area contributed by atoms with E-state index in [-0.39, 0.29) is 22.0 Å². The molecule has 10 nitrogen and oxygen atoms in total. The predicted molar refractivity (Wildman–Crippen MR) is 108 cm³/mol. The van der Waals surface area contributed by atoms with E-state index in [0.29, 0.717) is 11.4 Å². The highest BCUT2D eigenvalue weighted by atomic mass is 35.5. The summed E-state index contributed by atoms with van der Waals surface area (Å²) < 4.78 is 5.14. The Balaban J connectivity index is 1.75. The summed E-state index contributed by atoms with van der Waals surface area (Å²) in [5, 5.41) is 15.9. The van der Waals surface area contributed by atoms with E-state index in [1.54, 1.807) is 24.3 Å². The minimum Gasteiger partial charge on any atom is -0.495 e. The summed E-state index contributed by atoms with van der Waals surface area (Å²) in [4.78, 5) is 48.0. The maximum atomic E-state index is 12.5. The van der Waals surface area contributed by atoms with Gasteiger partial charge in [-0.1, -0.05) is 29.8 Å². The normalized spacial score (nSPS) is 14.6. The van der Waals surface area contributed by atoms with Crippen molar-refractivity contribution in [1.29, 1.82) is 0 Å². The van der Waals surface area contributed by atoms with Crippen LogP contribution in [0.25, 0.3) is 6.08 Å². The second-order valence-electron chi connectivity index (χ2n) is 6.10. The molecule has 2 aromatic carbocycles. The highest BCUT2D eigenvalue weighted by molar-refractivity contribution is 6.32. The van der Waals surface area contributed by atoms with E-state index in [0.717, 1.165) is 4.90 Å². The standard InChI is InChI=1S/C19H15ClN4O6/c1-30-16-5-3-2-4-13(16)21-17(25)10-23-18(26)14(22-19(23)27)8-11-6-7-12(20)15(9-11)24(28)29/h2-9H,10H2,1H3,(H,21,25)(H,22,27)/b14-8+. The Labute approximate surface area is 175 Å². The van der Waals surface area contributed by atoms with Crippen molar-refractivity contribution in [2.24, 2.45) is 0 Å². The number of carbonyl (C=O) groups excluding carboxylic acids is 3. The summed E-state index contributed by atoms with van der Waals surface area (Å²) in [6.45, 7) is -0.527. The first-order valence-electron chi connectivity index (χ1n) is 8.51. The highest BCUT2D eigenvalue weighted by Gasteiger charge is 2.35. The summed E-state index contributed by atoms with van der Waals surface area (Å²) in [6.07, 6.45) is 1.27. The van der Waals surface area contributed by atoms with E-state index in [1.165, 1.54) is 31.4 Å². The summed E-state index contributed by atoms with van der Waals surface area (Å²) in [6, 6.07) is 9.83. The van der Waals surface area contributed by atoms with Gasteiger partial charge in [0.2, 0.25) is 5.91 Å². The number of carbonyl (C=O) groups is 3. The molecule has 30 heavy (non-hydrogen) atoms. The van der Waals surface area contributed by atoms with E-state index in [9.17, 15) is 24.5 Å². The molecule has 2 aromatic rings. The van der Waals surface area contributed by atoms with Crippen molar-refractivity contribution >= 4 is 46.9 Å². The van der Waals surface area contributed by atoms with E-state index in [4.69, 9.17) is 16.3 Å². The largest absolute Gasteiger partial charge is 0.495 e. The molecule has 0 aliphatic carbocycles. The lowest BCUT2D eigenvalue weighted by Crippen LogP contribution is -2.38.